The zero-order valence-corrected chi connectivity index (χ0v) is 15.3. The predicted octanol–water partition coefficient (Wildman–Crippen LogP) is 5.09. The maximum Gasteiger partial charge on any atom is 0.266 e. The molecule has 26 heavy (non-hydrogen) atoms. The molecule has 0 bridgehead atoms. The Labute approximate surface area is 156 Å². The normalized spacial score (nSPS) is 15.5. The standard InChI is InChI=1S/C22H17NO2S/c1-14-7-3-6-10-20(14)23-21(24)18-9-5-4-8-17(18)19(22(23)25)13-16-12-11-15(2)26-16/h3-13H,1-2H3. The number of fused-ring (bicyclic) bond motifs is 1. The molecule has 128 valence electrons. The summed E-state index contributed by atoms with van der Waals surface area (Å²) in [6.07, 6.45) is 1.89. The number of thiophene rings is 1. The van der Waals surface area contributed by atoms with E-state index in [9.17, 15) is 9.59 Å². The van der Waals surface area contributed by atoms with Gasteiger partial charge in [-0.2, -0.15) is 0 Å². The van der Waals surface area contributed by atoms with E-state index in [-0.39, 0.29) is 11.8 Å². The van der Waals surface area contributed by atoms with Crippen molar-refractivity contribution in [3.63, 3.8) is 0 Å². The number of rotatable bonds is 2. The van der Waals surface area contributed by atoms with Crippen molar-refractivity contribution in [1.29, 1.82) is 0 Å². The van der Waals surface area contributed by atoms with Crippen LogP contribution in [0.3, 0.4) is 0 Å². The van der Waals surface area contributed by atoms with E-state index in [4.69, 9.17) is 0 Å². The van der Waals surface area contributed by atoms with Crippen LogP contribution < -0.4 is 4.90 Å². The lowest BCUT2D eigenvalue weighted by molar-refractivity contribution is -0.112. The molecule has 2 amide bonds. The smallest absolute Gasteiger partial charge is 0.266 e. The maximum absolute atomic E-state index is 13.3. The molecule has 3 nitrogen and oxygen atoms in total. The Bertz CT molecular complexity index is 1060. The first-order valence-electron chi connectivity index (χ1n) is 8.38. The molecule has 1 aliphatic heterocycles. The highest BCUT2D eigenvalue weighted by Gasteiger charge is 2.36. The SMILES string of the molecule is Cc1ccc(C=C2C(=O)N(c3ccccc3C)C(=O)c3ccccc32)s1. The molecule has 4 heteroatoms. The molecule has 3 aromatic rings. The topological polar surface area (TPSA) is 37.4 Å². The molecule has 0 radical (unpaired) electrons. The van der Waals surface area contributed by atoms with Crippen LogP contribution >= 0.6 is 11.3 Å². The minimum Gasteiger partial charge on any atom is -0.268 e. The Morgan fingerprint density at radius 3 is 2.19 bits per heavy atom. The van der Waals surface area contributed by atoms with E-state index in [1.54, 1.807) is 17.4 Å². The van der Waals surface area contributed by atoms with Crippen LogP contribution in [0.2, 0.25) is 0 Å². The van der Waals surface area contributed by atoms with Crippen LogP contribution in [0.5, 0.6) is 0 Å². The first-order valence-corrected chi connectivity index (χ1v) is 9.20. The van der Waals surface area contributed by atoms with Gasteiger partial charge in [0, 0.05) is 26.5 Å². The Morgan fingerprint density at radius 2 is 1.50 bits per heavy atom. The number of amides is 2. The van der Waals surface area contributed by atoms with E-state index in [0.717, 1.165) is 10.4 Å². The van der Waals surface area contributed by atoms with Gasteiger partial charge < -0.3 is 0 Å². The second-order valence-corrected chi connectivity index (χ2v) is 7.60. The molecule has 0 saturated carbocycles. The van der Waals surface area contributed by atoms with Gasteiger partial charge in [-0.3, -0.25) is 9.59 Å². The third-order valence-corrected chi connectivity index (χ3v) is 5.44. The number of benzene rings is 2. The van der Waals surface area contributed by atoms with Crippen molar-refractivity contribution in [1.82, 2.24) is 0 Å². The molecular weight excluding hydrogens is 342 g/mol. The van der Waals surface area contributed by atoms with Crippen molar-refractivity contribution in [2.24, 2.45) is 0 Å². The molecule has 1 aliphatic rings. The zero-order chi connectivity index (χ0) is 18.3. The second-order valence-electron chi connectivity index (χ2n) is 6.28. The Kier molecular flexibility index (Phi) is 4.05. The number of nitrogens with zero attached hydrogens (tertiary/aromatic N) is 1. The number of imide groups is 1. The largest absolute Gasteiger partial charge is 0.268 e. The third kappa shape index (κ3) is 2.68. The van der Waals surface area contributed by atoms with Gasteiger partial charge >= 0.3 is 0 Å². The molecule has 2 heterocycles. The van der Waals surface area contributed by atoms with E-state index in [2.05, 4.69) is 0 Å². The van der Waals surface area contributed by atoms with Crippen LogP contribution in [0, 0.1) is 13.8 Å². The summed E-state index contributed by atoms with van der Waals surface area (Å²) < 4.78 is 0. The number of aryl methyl sites for hydroxylation is 2. The van der Waals surface area contributed by atoms with Crippen molar-refractivity contribution in [2.75, 3.05) is 4.90 Å². The minimum atomic E-state index is -0.283. The highest BCUT2D eigenvalue weighted by Crippen LogP contribution is 2.35. The van der Waals surface area contributed by atoms with Crippen molar-refractivity contribution in [2.45, 2.75) is 13.8 Å². The highest BCUT2D eigenvalue weighted by molar-refractivity contribution is 7.12. The summed E-state index contributed by atoms with van der Waals surface area (Å²) in [5.41, 5.74) is 3.31. The average Bonchev–Trinajstić information content (AvgIpc) is 3.05. The van der Waals surface area contributed by atoms with Crippen LogP contribution in [-0.2, 0) is 4.79 Å². The number of hydrogen-bond acceptors (Lipinski definition) is 3. The summed E-state index contributed by atoms with van der Waals surface area (Å²) in [7, 11) is 0. The number of carbonyl (C=O) groups is 2. The first kappa shape index (κ1) is 16.5. The number of carbonyl (C=O) groups excluding carboxylic acids is 2. The van der Waals surface area contributed by atoms with Crippen LogP contribution in [0.15, 0.2) is 60.7 Å². The van der Waals surface area contributed by atoms with Crippen LogP contribution in [0.25, 0.3) is 11.6 Å². The molecule has 4 rings (SSSR count). The van der Waals surface area contributed by atoms with Crippen LogP contribution in [0.1, 0.15) is 31.2 Å². The lowest BCUT2D eigenvalue weighted by Crippen LogP contribution is -2.42. The molecule has 1 aromatic heterocycles. The zero-order valence-electron chi connectivity index (χ0n) is 14.5. The molecule has 0 fully saturated rings. The van der Waals surface area contributed by atoms with Crippen molar-refractivity contribution in [3.8, 4) is 0 Å². The maximum atomic E-state index is 13.3. The van der Waals surface area contributed by atoms with Gasteiger partial charge in [0.1, 0.15) is 0 Å². The van der Waals surface area contributed by atoms with E-state index in [0.29, 0.717) is 22.4 Å². The highest BCUT2D eigenvalue weighted by atomic mass is 32.1. The van der Waals surface area contributed by atoms with Crippen molar-refractivity contribution >= 4 is 40.5 Å². The van der Waals surface area contributed by atoms with E-state index < -0.39 is 0 Å². The molecule has 0 saturated heterocycles. The third-order valence-electron chi connectivity index (χ3n) is 4.49. The minimum absolute atomic E-state index is 0.278. The lowest BCUT2D eigenvalue weighted by Gasteiger charge is -2.29. The number of anilines is 1. The fraction of sp³-hybridized carbons (Fsp3) is 0.0909. The van der Waals surface area contributed by atoms with Gasteiger partial charge in [0.2, 0.25) is 0 Å². The van der Waals surface area contributed by atoms with E-state index >= 15 is 0 Å². The van der Waals surface area contributed by atoms with Crippen molar-refractivity contribution < 1.29 is 9.59 Å². The molecule has 0 atom stereocenters. The summed E-state index contributed by atoms with van der Waals surface area (Å²) in [6, 6.07) is 18.8. The first-order chi connectivity index (χ1) is 12.6. The van der Waals surface area contributed by atoms with Gasteiger partial charge in [0.25, 0.3) is 11.8 Å². The summed E-state index contributed by atoms with van der Waals surface area (Å²) in [4.78, 5) is 29.8. The summed E-state index contributed by atoms with van der Waals surface area (Å²) in [5, 5.41) is 0. The molecular formula is C22H17NO2S. The number of para-hydroxylation sites is 1. The van der Waals surface area contributed by atoms with Gasteiger partial charge in [0.05, 0.1) is 5.69 Å². The Balaban J connectivity index is 1.93. The summed E-state index contributed by atoms with van der Waals surface area (Å²) in [6.45, 7) is 3.94. The quantitative estimate of drug-likeness (QED) is 0.472. The second kappa shape index (κ2) is 6.39. The Hall–Kier alpha value is -2.98. The molecule has 0 unspecified atom stereocenters. The Morgan fingerprint density at radius 1 is 0.808 bits per heavy atom. The molecule has 0 spiro atoms. The summed E-state index contributed by atoms with van der Waals surface area (Å²) in [5.74, 6) is -0.562. The average molecular weight is 359 g/mol. The van der Waals surface area contributed by atoms with Gasteiger partial charge in [0.15, 0.2) is 0 Å². The van der Waals surface area contributed by atoms with Gasteiger partial charge in [-0.05, 0) is 49.8 Å². The predicted molar refractivity (Wildman–Crippen MR) is 106 cm³/mol. The van der Waals surface area contributed by atoms with Gasteiger partial charge in [-0.25, -0.2) is 4.90 Å². The van der Waals surface area contributed by atoms with Crippen molar-refractivity contribution in [3.05, 3.63) is 87.1 Å². The lowest BCUT2D eigenvalue weighted by atomic mass is 9.92. The summed E-state index contributed by atoms with van der Waals surface area (Å²) >= 11 is 1.63. The monoisotopic (exact) mass is 359 g/mol. The van der Waals surface area contributed by atoms with E-state index in [1.807, 2.05) is 74.5 Å². The molecule has 0 N–H and O–H groups in total. The van der Waals surface area contributed by atoms with E-state index in [1.165, 1.54) is 9.78 Å². The fourth-order valence-electron chi connectivity index (χ4n) is 3.20. The fourth-order valence-corrected chi connectivity index (χ4v) is 4.02. The van der Waals surface area contributed by atoms with Gasteiger partial charge in [-0.15, -0.1) is 11.3 Å². The van der Waals surface area contributed by atoms with Crippen LogP contribution in [-0.4, -0.2) is 11.8 Å². The molecule has 0 aliphatic carbocycles. The van der Waals surface area contributed by atoms with Gasteiger partial charge in [-0.1, -0.05) is 36.4 Å². The van der Waals surface area contributed by atoms with Crippen LogP contribution in [0.4, 0.5) is 5.69 Å². The molecule has 2 aromatic carbocycles. The number of hydrogen-bond donors (Lipinski definition) is 0.